The van der Waals surface area contributed by atoms with Gasteiger partial charge in [0.2, 0.25) is 0 Å². The van der Waals surface area contributed by atoms with Gasteiger partial charge in [0.1, 0.15) is 17.0 Å². The molecule has 2 aliphatic rings. The second-order valence-electron chi connectivity index (χ2n) is 7.99. The van der Waals surface area contributed by atoms with Crippen molar-refractivity contribution in [2.45, 2.75) is 32.2 Å². The van der Waals surface area contributed by atoms with Gasteiger partial charge >= 0.3 is 0 Å². The largest absolute Gasteiger partial charge is 0.353 e. The van der Waals surface area contributed by atoms with Crippen LogP contribution in [0.4, 0.5) is 5.82 Å². The van der Waals surface area contributed by atoms with Gasteiger partial charge < -0.3 is 4.90 Å². The first kappa shape index (κ1) is 18.4. The normalized spacial score (nSPS) is 17.7. The van der Waals surface area contributed by atoms with Crippen molar-refractivity contribution in [3.8, 4) is 0 Å². The first-order chi connectivity index (χ1) is 14.8. The van der Waals surface area contributed by atoms with Crippen LogP contribution in [0, 0.1) is 0 Å². The lowest BCUT2D eigenvalue weighted by Crippen LogP contribution is -2.46. The number of aryl methyl sites for hydroxylation is 2. The van der Waals surface area contributed by atoms with E-state index in [9.17, 15) is 4.79 Å². The number of aromatic nitrogens is 4. The predicted molar refractivity (Wildman–Crippen MR) is 121 cm³/mol. The van der Waals surface area contributed by atoms with Crippen molar-refractivity contribution in [1.29, 1.82) is 0 Å². The van der Waals surface area contributed by atoms with Crippen LogP contribution in [-0.4, -0.2) is 50.4 Å². The lowest BCUT2D eigenvalue weighted by atomic mass is 9.97. The molecule has 4 aromatic heterocycles. The Labute approximate surface area is 181 Å². The maximum absolute atomic E-state index is 12.2. The standard InChI is InChI=1S/C21H22N6OS2/c28-17-11-14(24-21-27(17)9-10-29-21)12-25-5-7-26(8-6-25)19-18-15-3-1-2-4-16(15)30-20(18)23-13-22-19/h9-11,13H,1-8,12H2. The average molecular weight is 439 g/mol. The van der Waals surface area contributed by atoms with Crippen molar-refractivity contribution in [3.05, 3.63) is 50.5 Å². The van der Waals surface area contributed by atoms with E-state index in [-0.39, 0.29) is 5.56 Å². The summed E-state index contributed by atoms with van der Waals surface area (Å²) in [6.07, 6.45) is 8.40. The lowest BCUT2D eigenvalue weighted by Gasteiger charge is -2.35. The molecule has 0 unspecified atom stereocenters. The van der Waals surface area contributed by atoms with Crippen molar-refractivity contribution in [3.63, 3.8) is 0 Å². The predicted octanol–water partition coefficient (Wildman–Crippen LogP) is 2.96. The molecule has 0 saturated carbocycles. The van der Waals surface area contributed by atoms with E-state index >= 15 is 0 Å². The number of hydrogen-bond acceptors (Lipinski definition) is 8. The Bertz CT molecular complexity index is 1280. The summed E-state index contributed by atoms with van der Waals surface area (Å²) in [6, 6.07) is 1.66. The number of thiophene rings is 1. The van der Waals surface area contributed by atoms with Crippen LogP contribution in [0.5, 0.6) is 0 Å². The fourth-order valence-corrected chi connectivity index (χ4v) is 6.59. The minimum Gasteiger partial charge on any atom is -0.353 e. The SMILES string of the molecule is O=c1cc(CN2CCN(c3ncnc4sc5c(c34)CCCC5)CC2)nc2sccn12. The lowest BCUT2D eigenvalue weighted by molar-refractivity contribution is 0.247. The zero-order chi connectivity index (χ0) is 20.1. The number of rotatable bonds is 3. The topological polar surface area (TPSA) is 66.6 Å². The molecule has 0 aromatic carbocycles. The van der Waals surface area contributed by atoms with E-state index in [1.165, 1.54) is 46.4 Å². The van der Waals surface area contributed by atoms with E-state index < -0.39 is 0 Å². The molecule has 5 heterocycles. The van der Waals surface area contributed by atoms with Crippen LogP contribution in [0.15, 0.2) is 28.8 Å². The fourth-order valence-electron chi connectivity index (χ4n) is 4.63. The van der Waals surface area contributed by atoms with Gasteiger partial charge in [0.25, 0.3) is 5.56 Å². The molecule has 1 aliphatic carbocycles. The van der Waals surface area contributed by atoms with Gasteiger partial charge in [-0.2, -0.15) is 0 Å². The van der Waals surface area contributed by atoms with Crippen LogP contribution >= 0.6 is 22.7 Å². The highest BCUT2D eigenvalue weighted by Crippen LogP contribution is 2.39. The molecule has 154 valence electrons. The first-order valence-corrected chi connectivity index (χ1v) is 12.1. The van der Waals surface area contributed by atoms with E-state index in [2.05, 4.69) is 19.8 Å². The van der Waals surface area contributed by atoms with Crippen LogP contribution in [0.25, 0.3) is 15.2 Å². The Hall–Kier alpha value is -2.36. The quantitative estimate of drug-likeness (QED) is 0.490. The minimum atomic E-state index is 0.000459. The van der Waals surface area contributed by atoms with Gasteiger partial charge in [-0.15, -0.1) is 22.7 Å². The van der Waals surface area contributed by atoms with Crippen LogP contribution in [0.2, 0.25) is 0 Å². The molecule has 4 aromatic rings. The number of anilines is 1. The number of hydrogen-bond donors (Lipinski definition) is 0. The van der Waals surface area contributed by atoms with Crippen LogP contribution in [-0.2, 0) is 19.4 Å². The Morgan fingerprint density at radius 1 is 1.07 bits per heavy atom. The third kappa shape index (κ3) is 3.12. The zero-order valence-electron chi connectivity index (χ0n) is 16.6. The molecule has 30 heavy (non-hydrogen) atoms. The molecule has 0 N–H and O–H groups in total. The second kappa shape index (κ2) is 7.40. The highest BCUT2D eigenvalue weighted by molar-refractivity contribution is 7.19. The van der Waals surface area contributed by atoms with E-state index in [4.69, 9.17) is 4.98 Å². The van der Waals surface area contributed by atoms with Crippen LogP contribution in [0.1, 0.15) is 29.0 Å². The maximum atomic E-state index is 12.2. The van der Waals surface area contributed by atoms with Crippen molar-refractivity contribution in [2.24, 2.45) is 0 Å². The highest BCUT2D eigenvalue weighted by Gasteiger charge is 2.25. The monoisotopic (exact) mass is 438 g/mol. The molecular weight excluding hydrogens is 416 g/mol. The summed E-state index contributed by atoms with van der Waals surface area (Å²) in [5.41, 5.74) is 2.35. The zero-order valence-corrected chi connectivity index (χ0v) is 18.2. The van der Waals surface area contributed by atoms with Crippen LogP contribution in [0.3, 0.4) is 0 Å². The molecule has 0 bridgehead atoms. The third-order valence-electron chi connectivity index (χ3n) is 6.14. The van der Waals surface area contributed by atoms with Gasteiger partial charge in [-0.1, -0.05) is 0 Å². The summed E-state index contributed by atoms with van der Waals surface area (Å²) >= 11 is 3.36. The molecule has 7 nitrogen and oxygen atoms in total. The summed E-state index contributed by atoms with van der Waals surface area (Å²) < 4.78 is 1.61. The summed E-state index contributed by atoms with van der Waals surface area (Å²) in [7, 11) is 0. The van der Waals surface area contributed by atoms with E-state index in [1.54, 1.807) is 23.0 Å². The second-order valence-corrected chi connectivity index (χ2v) is 9.95. The molecule has 0 amide bonds. The van der Waals surface area contributed by atoms with Crippen molar-refractivity contribution < 1.29 is 0 Å². The maximum Gasteiger partial charge on any atom is 0.258 e. The molecule has 0 radical (unpaired) electrons. The van der Waals surface area contributed by atoms with Gasteiger partial charge in [0.05, 0.1) is 11.1 Å². The van der Waals surface area contributed by atoms with Gasteiger partial charge in [-0.25, -0.2) is 15.0 Å². The van der Waals surface area contributed by atoms with Gasteiger partial charge in [-0.05, 0) is 31.2 Å². The molecule has 0 atom stereocenters. The Kier molecular flexibility index (Phi) is 4.54. The Morgan fingerprint density at radius 3 is 2.83 bits per heavy atom. The van der Waals surface area contributed by atoms with E-state index in [0.29, 0.717) is 6.54 Å². The van der Waals surface area contributed by atoms with Gasteiger partial charge in [0, 0.05) is 55.2 Å². The number of piperazine rings is 1. The number of nitrogens with zero attached hydrogens (tertiary/aromatic N) is 6. The van der Waals surface area contributed by atoms with Gasteiger partial charge in [0.15, 0.2) is 4.96 Å². The van der Waals surface area contributed by atoms with Crippen LogP contribution < -0.4 is 10.5 Å². The first-order valence-electron chi connectivity index (χ1n) is 10.4. The number of thiazole rings is 1. The Morgan fingerprint density at radius 2 is 1.93 bits per heavy atom. The molecule has 1 fully saturated rings. The summed E-state index contributed by atoms with van der Waals surface area (Å²) in [4.78, 5) is 34.4. The smallest absolute Gasteiger partial charge is 0.258 e. The third-order valence-corrected chi connectivity index (χ3v) is 8.10. The molecule has 0 spiro atoms. The number of fused-ring (bicyclic) bond motifs is 4. The molecular formula is C21H22N6OS2. The van der Waals surface area contributed by atoms with Gasteiger partial charge in [-0.3, -0.25) is 14.1 Å². The van der Waals surface area contributed by atoms with Crippen molar-refractivity contribution >= 4 is 43.7 Å². The average Bonchev–Trinajstić information content (AvgIpc) is 3.39. The molecule has 6 rings (SSSR count). The highest BCUT2D eigenvalue weighted by atomic mass is 32.1. The Balaban J connectivity index is 1.21. The minimum absolute atomic E-state index is 0.000459. The van der Waals surface area contributed by atoms with E-state index in [0.717, 1.165) is 53.9 Å². The molecule has 1 aliphatic heterocycles. The summed E-state index contributed by atoms with van der Waals surface area (Å²) in [5, 5.41) is 3.20. The molecule has 9 heteroatoms. The van der Waals surface area contributed by atoms with E-state index in [1.807, 2.05) is 16.7 Å². The summed E-state index contributed by atoms with van der Waals surface area (Å²) in [6.45, 7) is 4.44. The fraction of sp³-hybridized carbons (Fsp3) is 0.429. The molecule has 1 saturated heterocycles. The van der Waals surface area contributed by atoms with Crippen molar-refractivity contribution in [2.75, 3.05) is 31.1 Å². The summed E-state index contributed by atoms with van der Waals surface area (Å²) in [5.74, 6) is 1.11. The van der Waals surface area contributed by atoms with Crippen molar-refractivity contribution in [1.82, 2.24) is 24.3 Å².